The van der Waals surface area contributed by atoms with E-state index in [4.69, 9.17) is 11.6 Å². The molecule has 0 saturated carbocycles. The quantitative estimate of drug-likeness (QED) is 0.382. The molecule has 0 aliphatic carbocycles. The highest BCUT2D eigenvalue weighted by Crippen LogP contribution is 2.32. The van der Waals surface area contributed by atoms with E-state index >= 15 is 0 Å². The van der Waals surface area contributed by atoms with Gasteiger partial charge in [0.15, 0.2) is 6.29 Å². The van der Waals surface area contributed by atoms with Gasteiger partial charge in [-0.2, -0.15) is 5.10 Å². The molecule has 2 atom stereocenters. The number of nitrogens with one attached hydrogen (secondary N) is 1. The molecule has 0 bridgehead atoms. The number of aromatic nitrogens is 1. The summed E-state index contributed by atoms with van der Waals surface area (Å²) in [6.45, 7) is 8.19. The van der Waals surface area contributed by atoms with Crippen LogP contribution in [-0.4, -0.2) is 53.5 Å². The van der Waals surface area contributed by atoms with Gasteiger partial charge in [-0.15, -0.1) is 0 Å². The van der Waals surface area contributed by atoms with Gasteiger partial charge in [0, 0.05) is 29.3 Å². The van der Waals surface area contributed by atoms with Crippen molar-refractivity contribution in [1.82, 2.24) is 15.2 Å². The average Bonchev–Trinajstić information content (AvgIpc) is 2.76. The lowest BCUT2D eigenvalue weighted by molar-refractivity contribution is -0.115. The Bertz CT molecular complexity index is 1090. The molecule has 1 saturated heterocycles. The van der Waals surface area contributed by atoms with Crippen LogP contribution in [0.15, 0.2) is 29.4 Å². The number of piperidine rings is 1. The third kappa shape index (κ3) is 5.75. The largest absolute Gasteiger partial charge is 0.348 e. The zero-order valence-electron chi connectivity index (χ0n) is 19.5. The Kier molecular flexibility index (Phi) is 7.81. The maximum Gasteiger partial charge on any atom is 0.267 e. The normalized spacial score (nSPS) is 19.3. The molecule has 1 aromatic carbocycles. The van der Waals surface area contributed by atoms with E-state index < -0.39 is 5.82 Å². The van der Waals surface area contributed by atoms with Crippen LogP contribution in [0.1, 0.15) is 48.4 Å². The number of carbonyl (C=O) groups is 2. The predicted molar refractivity (Wildman–Crippen MR) is 129 cm³/mol. The number of hydrogen-bond acceptors (Lipinski definition) is 6. The second-order valence-corrected chi connectivity index (χ2v) is 8.97. The minimum Gasteiger partial charge on any atom is -0.348 e. The van der Waals surface area contributed by atoms with Gasteiger partial charge in [-0.1, -0.05) is 11.6 Å². The van der Waals surface area contributed by atoms with Crippen molar-refractivity contribution in [2.24, 2.45) is 5.10 Å². The van der Waals surface area contributed by atoms with E-state index in [-0.39, 0.29) is 39.8 Å². The Morgan fingerprint density at radius 1 is 1.33 bits per heavy atom. The fourth-order valence-electron chi connectivity index (χ4n) is 3.76. The molecule has 176 valence electrons. The molecule has 0 spiro atoms. The number of nitrogens with zero attached hydrogens (tertiary/aromatic N) is 4. The highest BCUT2D eigenvalue weighted by Gasteiger charge is 2.26. The topological polar surface area (TPSA) is 77.9 Å². The molecule has 1 N–H and O–H groups in total. The van der Waals surface area contributed by atoms with Gasteiger partial charge >= 0.3 is 0 Å². The fraction of sp³-hybridized carbons (Fsp3) is 0.417. The van der Waals surface area contributed by atoms with Crippen molar-refractivity contribution >= 4 is 40.9 Å². The van der Waals surface area contributed by atoms with Crippen molar-refractivity contribution in [3.8, 4) is 0 Å². The summed E-state index contributed by atoms with van der Waals surface area (Å²) in [6, 6.07) is 6.22. The Morgan fingerprint density at radius 3 is 2.70 bits per heavy atom. The molecule has 2 aromatic rings. The molecular formula is C24H29ClFN5O2. The number of rotatable bonds is 6. The maximum absolute atomic E-state index is 14.9. The summed E-state index contributed by atoms with van der Waals surface area (Å²) in [5, 5.41) is 8.92. The van der Waals surface area contributed by atoms with Crippen molar-refractivity contribution in [3.05, 3.63) is 52.1 Å². The number of amides is 1. The molecule has 33 heavy (non-hydrogen) atoms. The second-order valence-electron chi connectivity index (χ2n) is 8.53. The van der Waals surface area contributed by atoms with Gasteiger partial charge in [-0.3, -0.25) is 9.59 Å². The first kappa shape index (κ1) is 24.8. The highest BCUT2D eigenvalue weighted by molar-refractivity contribution is 6.38. The zero-order valence-corrected chi connectivity index (χ0v) is 20.3. The third-order valence-electron chi connectivity index (χ3n) is 6.07. The number of carbonyl (C=O) groups excluding carboxylic acids is 2. The number of likely N-dealkylation sites (tertiary alicyclic amines) is 1. The first-order chi connectivity index (χ1) is 15.6. The van der Waals surface area contributed by atoms with Crippen LogP contribution in [0.25, 0.3) is 0 Å². The van der Waals surface area contributed by atoms with E-state index in [1.165, 1.54) is 17.1 Å². The number of aldehydes is 1. The first-order valence-corrected chi connectivity index (χ1v) is 11.2. The molecule has 2 heterocycles. The van der Waals surface area contributed by atoms with Crippen LogP contribution >= 0.6 is 11.6 Å². The Hall–Kier alpha value is -2.84. The van der Waals surface area contributed by atoms with Gasteiger partial charge in [-0.25, -0.2) is 14.4 Å². The highest BCUT2D eigenvalue weighted by atomic mass is 35.5. The summed E-state index contributed by atoms with van der Waals surface area (Å²) >= 11 is 5.93. The minimum atomic E-state index is -0.640. The molecule has 1 fully saturated rings. The van der Waals surface area contributed by atoms with Crippen molar-refractivity contribution in [2.45, 2.75) is 52.6 Å². The molecule has 9 heteroatoms. The van der Waals surface area contributed by atoms with Gasteiger partial charge < -0.3 is 10.2 Å². The Labute approximate surface area is 198 Å². The zero-order chi connectivity index (χ0) is 24.3. The number of halogens is 2. The molecule has 1 amide bonds. The van der Waals surface area contributed by atoms with E-state index in [1.807, 2.05) is 6.92 Å². The number of hydrogen-bond donors (Lipinski definition) is 1. The monoisotopic (exact) mass is 473 g/mol. The number of pyridine rings is 1. The van der Waals surface area contributed by atoms with Crippen molar-refractivity contribution in [3.63, 3.8) is 0 Å². The summed E-state index contributed by atoms with van der Waals surface area (Å²) in [7, 11) is 2.07. The lowest BCUT2D eigenvalue weighted by Gasteiger charge is -2.35. The van der Waals surface area contributed by atoms with Gasteiger partial charge in [0.1, 0.15) is 22.9 Å². The lowest BCUT2D eigenvalue weighted by atomic mass is 9.99. The molecule has 3 rings (SSSR count). The minimum absolute atomic E-state index is 0.0309. The van der Waals surface area contributed by atoms with Gasteiger partial charge in [0.25, 0.3) is 5.91 Å². The Morgan fingerprint density at radius 2 is 2.06 bits per heavy atom. The molecule has 0 radical (unpaired) electrons. The summed E-state index contributed by atoms with van der Waals surface area (Å²) in [6.07, 6.45) is 2.26. The third-order valence-corrected chi connectivity index (χ3v) is 6.31. The summed E-state index contributed by atoms with van der Waals surface area (Å²) in [5.41, 5.74) is 2.02. The summed E-state index contributed by atoms with van der Waals surface area (Å²) < 4.78 is 14.9. The van der Waals surface area contributed by atoms with E-state index in [9.17, 15) is 14.0 Å². The molecule has 7 nitrogen and oxygen atoms in total. The fourth-order valence-corrected chi connectivity index (χ4v) is 3.92. The molecule has 1 aliphatic rings. The van der Waals surface area contributed by atoms with Crippen LogP contribution in [0.4, 0.5) is 15.8 Å². The first-order valence-electron chi connectivity index (χ1n) is 10.9. The standard InChI is InChI=1S/C24H29ClFN5O2/c1-14-10-23(21(13-32)27-16(14)3)31(22-7-6-18(25)12-20(22)26)29-17(4)24(33)28-19-8-9-30(5)15(2)11-19/h6-7,10,12-13,15,19H,8-9,11H2,1-5H3,(H,28,33)/b29-17+/t15?,19-/m1/s1. The van der Waals surface area contributed by atoms with Crippen LogP contribution in [0.2, 0.25) is 5.02 Å². The van der Waals surface area contributed by atoms with Crippen molar-refractivity contribution in [1.29, 1.82) is 0 Å². The molecule has 1 unspecified atom stereocenters. The number of anilines is 2. The smallest absolute Gasteiger partial charge is 0.267 e. The van der Waals surface area contributed by atoms with Gasteiger partial charge in [0.05, 0.1) is 5.69 Å². The Balaban J connectivity index is 1.99. The van der Waals surface area contributed by atoms with Crippen LogP contribution in [-0.2, 0) is 4.79 Å². The van der Waals surface area contributed by atoms with Crippen LogP contribution in [0.3, 0.4) is 0 Å². The van der Waals surface area contributed by atoms with Crippen molar-refractivity contribution in [2.75, 3.05) is 18.6 Å². The second kappa shape index (κ2) is 10.4. The van der Waals surface area contributed by atoms with Crippen LogP contribution < -0.4 is 10.3 Å². The lowest BCUT2D eigenvalue weighted by Crippen LogP contribution is -2.48. The molecule has 1 aromatic heterocycles. The maximum atomic E-state index is 14.9. The number of hydrazone groups is 1. The summed E-state index contributed by atoms with van der Waals surface area (Å²) in [5.74, 6) is -0.987. The molecular weight excluding hydrogens is 445 g/mol. The van der Waals surface area contributed by atoms with E-state index in [0.29, 0.717) is 18.0 Å². The van der Waals surface area contributed by atoms with Crippen LogP contribution in [0, 0.1) is 19.7 Å². The average molecular weight is 474 g/mol. The number of benzene rings is 1. The predicted octanol–water partition coefficient (Wildman–Crippen LogP) is 4.42. The van der Waals surface area contributed by atoms with E-state index in [0.717, 1.165) is 31.0 Å². The summed E-state index contributed by atoms with van der Waals surface area (Å²) in [4.78, 5) is 31.3. The molecule has 1 aliphatic heterocycles. The van der Waals surface area contributed by atoms with Gasteiger partial charge in [-0.05, 0) is 77.4 Å². The van der Waals surface area contributed by atoms with E-state index in [2.05, 4.69) is 34.3 Å². The van der Waals surface area contributed by atoms with Crippen molar-refractivity contribution < 1.29 is 14.0 Å². The number of aryl methyl sites for hydroxylation is 2. The van der Waals surface area contributed by atoms with E-state index in [1.54, 1.807) is 19.9 Å². The van der Waals surface area contributed by atoms with Gasteiger partial charge in [0.2, 0.25) is 0 Å². The SMILES string of the molecule is C/C(=N\N(c1ccc(Cl)cc1F)c1cc(C)c(C)nc1C=O)C(=O)N[C@@H]1CCN(C)C(C)C1. The van der Waals surface area contributed by atoms with Crippen LogP contribution in [0.5, 0.6) is 0 Å².